The van der Waals surface area contributed by atoms with Gasteiger partial charge in [-0.15, -0.1) is 0 Å². The van der Waals surface area contributed by atoms with Crippen LogP contribution in [-0.4, -0.2) is 22.7 Å². The van der Waals surface area contributed by atoms with Crippen LogP contribution in [0.25, 0.3) is 0 Å². The third-order valence-electron chi connectivity index (χ3n) is 3.14. The van der Waals surface area contributed by atoms with Crippen LogP contribution in [0, 0.1) is 15.5 Å². The van der Waals surface area contributed by atoms with Crippen molar-refractivity contribution in [2.75, 3.05) is 6.61 Å². The Balaban J connectivity index is 2.52. The Morgan fingerprint density at radius 3 is 2.84 bits per heavy atom. The summed E-state index contributed by atoms with van der Waals surface area (Å²) in [6, 6.07) is 3.18. The van der Waals surface area contributed by atoms with Gasteiger partial charge in [0.25, 0.3) is 5.69 Å². The molecule has 0 aliphatic carbocycles. The zero-order valence-electron chi connectivity index (χ0n) is 10.5. The average Bonchev–Trinajstić information content (AvgIpc) is 2.32. The molecule has 0 saturated carbocycles. The van der Waals surface area contributed by atoms with Crippen molar-refractivity contribution in [2.24, 2.45) is 5.41 Å². The van der Waals surface area contributed by atoms with E-state index in [0.29, 0.717) is 0 Å². The highest BCUT2D eigenvalue weighted by molar-refractivity contribution is 5.69. The molecule has 1 aliphatic rings. The molecule has 1 atom stereocenters. The van der Waals surface area contributed by atoms with E-state index in [-0.39, 0.29) is 23.6 Å². The Labute approximate surface area is 109 Å². The number of cyclic esters (lactones) is 1. The Bertz CT molecular complexity index is 541. The highest BCUT2D eigenvalue weighted by atomic mass is 16.6. The molecule has 7 heteroatoms. The lowest BCUT2D eigenvalue weighted by Gasteiger charge is -2.38. The van der Waals surface area contributed by atoms with Crippen LogP contribution >= 0.6 is 0 Å². The van der Waals surface area contributed by atoms with Crippen molar-refractivity contribution < 1.29 is 19.6 Å². The van der Waals surface area contributed by atoms with Crippen LogP contribution in [0.5, 0.6) is 5.75 Å². The molecule has 1 fully saturated rings. The number of hydrogen-bond donors (Lipinski definition) is 2. The van der Waals surface area contributed by atoms with Gasteiger partial charge in [-0.25, -0.2) is 4.79 Å². The number of benzene rings is 1. The molecule has 0 spiro atoms. The lowest BCUT2D eigenvalue weighted by Crippen LogP contribution is -2.47. The first-order valence-corrected chi connectivity index (χ1v) is 5.72. The molecule has 1 heterocycles. The number of phenolic OH excluding ortho intramolecular Hbond substituents is 1. The van der Waals surface area contributed by atoms with Crippen LogP contribution in [0.15, 0.2) is 18.2 Å². The van der Waals surface area contributed by atoms with Gasteiger partial charge >= 0.3 is 6.09 Å². The number of carbonyl (C=O) groups excluding carboxylic acids is 1. The second kappa shape index (κ2) is 4.42. The number of nitro benzene ring substituents is 1. The molecule has 19 heavy (non-hydrogen) atoms. The number of amides is 1. The van der Waals surface area contributed by atoms with Crippen molar-refractivity contribution in [3.8, 4) is 5.75 Å². The van der Waals surface area contributed by atoms with Crippen LogP contribution in [0.1, 0.15) is 25.5 Å². The van der Waals surface area contributed by atoms with Gasteiger partial charge in [-0.3, -0.25) is 10.1 Å². The SMILES string of the molecule is CC1(C)COC(=O)N[C@H]1c1cc(O)ccc1[N+](=O)[O-]. The maximum absolute atomic E-state index is 11.3. The van der Waals surface area contributed by atoms with Crippen molar-refractivity contribution >= 4 is 11.8 Å². The zero-order chi connectivity index (χ0) is 14.2. The second-order valence-corrected chi connectivity index (χ2v) is 5.14. The minimum absolute atomic E-state index is 0.0860. The summed E-state index contributed by atoms with van der Waals surface area (Å²) in [6.45, 7) is 3.80. The minimum Gasteiger partial charge on any atom is -0.508 e. The molecule has 1 aromatic carbocycles. The molecule has 1 saturated heterocycles. The Morgan fingerprint density at radius 2 is 2.21 bits per heavy atom. The van der Waals surface area contributed by atoms with Crippen LogP contribution in [0.2, 0.25) is 0 Å². The van der Waals surface area contributed by atoms with Gasteiger partial charge in [0.15, 0.2) is 0 Å². The first-order valence-electron chi connectivity index (χ1n) is 5.72. The molecule has 0 radical (unpaired) electrons. The number of ether oxygens (including phenoxy) is 1. The largest absolute Gasteiger partial charge is 0.508 e. The summed E-state index contributed by atoms with van der Waals surface area (Å²) in [4.78, 5) is 21.8. The van der Waals surface area contributed by atoms with E-state index < -0.39 is 22.5 Å². The van der Waals surface area contributed by atoms with E-state index in [2.05, 4.69) is 5.32 Å². The number of nitro groups is 1. The molecule has 2 N–H and O–H groups in total. The molecule has 1 aliphatic heterocycles. The lowest BCUT2D eigenvalue weighted by atomic mass is 9.80. The number of nitrogens with one attached hydrogen (secondary N) is 1. The average molecular weight is 266 g/mol. The third-order valence-corrected chi connectivity index (χ3v) is 3.14. The summed E-state index contributed by atoms with van der Waals surface area (Å²) in [5.74, 6) is -0.0860. The molecule has 7 nitrogen and oxygen atoms in total. The smallest absolute Gasteiger partial charge is 0.407 e. The number of rotatable bonds is 2. The van der Waals surface area contributed by atoms with Crippen molar-refractivity contribution in [1.29, 1.82) is 0 Å². The summed E-state index contributed by atoms with van der Waals surface area (Å²) in [5.41, 5.74) is -0.392. The standard InChI is InChI=1S/C12H14N2O5/c1-12(2)6-19-11(16)13-10(12)8-5-7(15)3-4-9(8)14(17)18/h3-5,10,15H,6H2,1-2H3,(H,13,16)/t10-/m0/s1. The first kappa shape index (κ1) is 13.1. The van der Waals surface area contributed by atoms with Crippen LogP contribution in [0.3, 0.4) is 0 Å². The molecular formula is C12H14N2O5. The molecule has 0 aromatic heterocycles. The lowest BCUT2D eigenvalue weighted by molar-refractivity contribution is -0.386. The predicted molar refractivity (Wildman–Crippen MR) is 65.8 cm³/mol. The van der Waals surface area contributed by atoms with Crippen LogP contribution in [0.4, 0.5) is 10.5 Å². The quantitative estimate of drug-likeness (QED) is 0.630. The number of carbonyl (C=O) groups is 1. The van der Waals surface area contributed by atoms with E-state index in [0.717, 1.165) is 0 Å². The number of nitrogens with zero attached hydrogens (tertiary/aromatic N) is 1. The fourth-order valence-corrected chi connectivity index (χ4v) is 2.13. The van der Waals surface area contributed by atoms with Gasteiger partial charge in [0, 0.05) is 11.5 Å². The Morgan fingerprint density at radius 1 is 1.53 bits per heavy atom. The Kier molecular flexibility index (Phi) is 3.05. The summed E-state index contributed by atoms with van der Waals surface area (Å²) < 4.78 is 4.89. The number of alkyl carbamates (subject to hydrolysis) is 1. The van der Waals surface area contributed by atoms with Gasteiger partial charge in [-0.1, -0.05) is 13.8 Å². The molecular weight excluding hydrogens is 252 g/mol. The molecule has 0 bridgehead atoms. The zero-order valence-corrected chi connectivity index (χ0v) is 10.5. The number of hydrogen-bond acceptors (Lipinski definition) is 5. The van der Waals surface area contributed by atoms with E-state index >= 15 is 0 Å². The summed E-state index contributed by atoms with van der Waals surface area (Å²) in [7, 11) is 0. The van der Waals surface area contributed by atoms with Crippen molar-refractivity contribution in [3.05, 3.63) is 33.9 Å². The van der Waals surface area contributed by atoms with Gasteiger partial charge in [-0.2, -0.15) is 0 Å². The highest BCUT2D eigenvalue weighted by Gasteiger charge is 2.41. The van der Waals surface area contributed by atoms with Crippen molar-refractivity contribution in [3.63, 3.8) is 0 Å². The monoisotopic (exact) mass is 266 g/mol. The first-order chi connectivity index (χ1) is 8.81. The molecule has 2 rings (SSSR count). The van der Waals surface area contributed by atoms with Gasteiger partial charge in [0.05, 0.1) is 16.5 Å². The predicted octanol–water partition coefficient (Wildman–Crippen LogP) is 2.11. The van der Waals surface area contributed by atoms with E-state index in [1.807, 2.05) is 13.8 Å². The van der Waals surface area contributed by atoms with E-state index in [1.54, 1.807) is 0 Å². The number of aromatic hydroxyl groups is 1. The Hall–Kier alpha value is -2.31. The van der Waals surface area contributed by atoms with Crippen molar-refractivity contribution in [2.45, 2.75) is 19.9 Å². The van der Waals surface area contributed by atoms with Gasteiger partial charge in [-0.05, 0) is 12.1 Å². The number of phenols is 1. The van der Waals surface area contributed by atoms with E-state index in [1.165, 1.54) is 18.2 Å². The van der Waals surface area contributed by atoms with E-state index in [4.69, 9.17) is 4.74 Å². The van der Waals surface area contributed by atoms with Gasteiger partial charge in [0.2, 0.25) is 0 Å². The van der Waals surface area contributed by atoms with Crippen LogP contribution in [-0.2, 0) is 4.74 Å². The second-order valence-electron chi connectivity index (χ2n) is 5.14. The van der Waals surface area contributed by atoms with Gasteiger partial charge in [0.1, 0.15) is 12.4 Å². The maximum atomic E-state index is 11.3. The summed E-state index contributed by atoms with van der Waals surface area (Å²) in [6.07, 6.45) is -0.623. The topological polar surface area (TPSA) is 102 Å². The van der Waals surface area contributed by atoms with Gasteiger partial charge < -0.3 is 15.2 Å². The molecule has 102 valence electrons. The minimum atomic E-state index is -0.623. The van der Waals surface area contributed by atoms with Crippen LogP contribution < -0.4 is 5.32 Å². The molecule has 0 unspecified atom stereocenters. The van der Waals surface area contributed by atoms with E-state index in [9.17, 15) is 20.0 Å². The highest BCUT2D eigenvalue weighted by Crippen LogP contribution is 2.41. The normalized spacial score (nSPS) is 21.4. The fraction of sp³-hybridized carbons (Fsp3) is 0.417. The third kappa shape index (κ3) is 2.44. The summed E-state index contributed by atoms with van der Waals surface area (Å²) >= 11 is 0. The fourth-order valence-electron chi connectivity index (χ4n) is 2.13. The van der Waals surface area contributed by atoms with Crippen molar-refractivity contribution in [1.82, 2.24) is 5.32 Å². The summed E-state index contributed by atoms with van der Waals surface area (Å²) in [5, 5.41) is 23.1. The maximum Gasteiger partial charge on any atom is 0.407 e. The molecule has 1 aromatic rings. The molecule has 1 amide bonds.